The summed E-state index contributed by atoms with van der Waals surface area (Å²) in [6.45, 7) is 4.95. The van der Waals surface area contributed by atoms with Crippen LogP contribution in [0.25, 0.3) is 0 Å². The SMILES string of the molecule is Cc1cccc(C(=O)C2CCNc3ccccc32)c1C. The third-order valence-electron chi connectivity index (χ3n) is 4.27. The number of ketones is 1. The summed E-state index contributed by atoms with van der Waals surface area (Å²) in [5.41, 5.74) is 5.38. The van der Waals surface area contributed by atoms with Gasteiger partial charge < -0.3 is 5.32 Å². The number of anilines is 1. The zero-order chi connectivity index (χ0) is 14.1. The van der Waals surface area contributed by atoms with Crippen LogP contribution in [0.1, 0.15) is 39.4 Å². The van der Waals surface area contributed by atoms with Crippen LogP contribution < -0.4 is 5.32 Å². The Morgan fingerprint density at radius 3 is 2.75 bits per heavy atom. The Bertz CT molecular complexity index is 660. The van der Waals surface area contributed by atoms with Crippen molar-refractivity contribution in [1.29, 1.82) is 0 Å². The van der Waals surface area contributed by atoms with Crippen LogP contribution in [0.15, 0.2) is 42.5 Å². The molecule has 1 atom stereocenters. The summed E-state index contributed by atoms with van der Waals surface area (Å²) in [5, 5.41) is 3.37. The van der Waals surface area contributed by atoms with Crippen molar-refractivity contribution in [2.24, 2.45) is 0 Å². The minimum Gasteiger partial charge on any atom is -0.385 e. The summed E-state index contributed by atoms with van der Waals surface area (Å²) in [4.78, 5) is 12.9. The molecule has 0 saturated heterocycles. The van der Waals surface area contributed by atoms with Crippen molar-refractivity contribution in [2.45, 2.75) is 26.2 Å². The molecular formula is C18H19NO. The van der Waals surface area contributed by atoms with E-state index in [1.54, 1.807) is 0 Å². The fourth-order valence-corrected chi connectivity index (χ4v) is 2.95. The van der Waals surface area contributed by atoms with E-state index in [0.29, 0.717) is 0 Å². The Morgan fingerprint density at radius 2 is 1.90 bits per heavy atom. The van der Waals surface area contributed by atoms with Crippen molar-refractivity contribution in [3.05, 3.63) is 64.7 Å². The highest BCUT2D eigenvalue weighted by Crippen LogP contribution is 2.34. The largest absolute Gasteiger partial charge is 0.385 e. The van der Waals surface area contributed by atoms with E-state index in [2.05, 4.69) is 30.4 Å². The van der Waals surface area contributed by atoms with Crippen LogP contribution in [0.2, 0.25) is 0 Å². The molecule has 1 unspecified atom stereocenters. The van der Waals surface area contributed by atoms with Crippen molar-refractivity contribution in [3.63, 3.8) is 0 Å². The van der Waals surface area contributed by atoms with Crippen molar-refractivity contribution in [1.82, 2.24) is 0 Å². The van der Waals surface area contributed by atoms with E-state index in [9.17, 15) is 4.79 Å². The van der Waals surface area contributed by atoms with Gasteiger partial charge in [0.05, 0.1) is 5.92 Å². The van der Waals surface area contributed by atoms with Crippen LogP contribution in [-0.4, -0.2) is 12.3 Å². The maximum absolute atomic E-state index is 12.9. The number of nitrogens with one attached hydrogen (secondary N) is 1. The van der Waals surface area contributed by atoms with Gasteiger partial charge in [-0.25, -0.2) is 0 Å². The summed E-state index contributed by atoms with van der Waals surface area (Å²) < 4.78 is 0. The van der Waals surface area contributed by atoms with Crippen LogP contribution in [0.5, 0.6) is 0 Å². The molecule has 0 saturated carbocycles. The molecule has 1 aliphatic heterocycles. The zero-order valence-electron chi connectivity index (χ0n) is 11.9. The van der Waals surface area contributed by atoms with Crippen molar-refractivity contribution in [3.8, 4) is 0 Å². The number of Topliss-reactive ketones (excluding diaryl/α,β-unsaturated/α-hetero) is 1. The molecule has 1 N–H and O–H groups in total. The second-order valence-corrected chi connectivity index (χ2v) is 5.47. The van der Waals surface area contributed by atoms with Gasteiger partial charge in [-0.05, 0) is 43.0 Å². The molecule has 0 aliphatic carbocycles. The minimum absolute atomic E-state index is 0.0204. The molecule has 1 aliphatic rings. The normalized spacial score (nSPS) is 17.2. The average Bonchev–Trinajstić information content (AvgIpc) is 2.49. The number of hydrogen-bond acceptors (Lipinski definition) is 2. The lowest BCUT2D eigenvalue weighted by atomic mass is 9.83. The summed E-state index contributed by atoms with van der Waals surface area (Å²) in [7, 11) is 0. The molecule has 2 aromatic carbocycles. The van der Waals surface area contributed by atoms with Gasteiger partial charge >= 0.3 is 0 Å². The maximum atomic E-state index is 12.9. The number of benzene rings is 2. The molecule has 2 nitrogen and oxygen atoms in total. The Labute approximate surface area is 119 Å². The summed E-state index contributed by atoms with van der Waals surface area (Å²) in [6.07, 6.45) is 0.864. The molecule has 0 bridgehead atoms. The van der Waals surface area contributed by atoms with Gasteiger partial charge in [-0.2, -0.15) is 0 Å². The topological polar surface area (TPSA) is 29.1 Å². The molecule has 0 fully saturated rings. The number of rotatable bonds is 2. The molecule has 0 spiro atoms. The number of fused-ring (bicyclic) bond motifs is 1. The number of aryl methyl sites for hydroxylation is 1. The van der Waals surface area contributed by atoms with Gasteiger partial charge in [0.15, 0.2) is 5.78 Å². The Kier molecular flexibility index (Phi) is 3.31. The molecule has 0 aromatic heterocycles. The lowest BCUT2D eigenvalue weighted by Crippen LogP contribution is -2.23. The first-order chi connectivity index (χ1) is 9.68. The highest BCUT2D eigenvalue weighted by molar-refractivity contribution is 6.03. The molecule has 2 heteroatoms. The van der Waals surface area contributed by atoms with Gasteiger partial charge in [0.1, 0.15) is 0 Å². The molecule has 2 aromatic rings. The molecule has 20 heavy (non-hydrogen) atoms. The predicted octanol–water partition coefficient (Wildman–Crippen LogP) is 4.09. The maximum Gasteiger partial charge on any atom is 0.170 e. The monoisotopic (exact) mass is 265 g/mol. The number of hydrogen-bond donors (Lipinski definition) is 1. The number of carbonyl (C=O) groups excluding carboxylic acids is 1. The smallest absolute Gasteiger partial charge is 0.170 e. The highest BCUT2D eigenvalue weighted by Gasteiger charge is 2.27. The minimum atomic E-state index is -0.0204. The molecule has 102 valence electrons. The van der Waals surface area contributed by atoms with Gasteiger partial charge in [-0.1, -0.05) is 36.4 Å². The van der Waals surface area contributed by atoms with Crippen molar-refractivity contribution in [2.75, 3.05) is 11.9 Å². The summed E-state index contributed by atoms with van der Waals surface area (Å²) in [6, 6.07) is 14.1. The van der Waals surface area contributed by atoms with E-state index in [4.69, 9.17) is 0 Å². The van der Waals surface area contributed by atoms with Gasteiger partial charge in [-0.3, -0.25) is 4.79 Å². The fourth-order valence-electron chi connectivity index (χ4n) is 2.95. The molecule has 1 heterocycles. The van der Waals surface area contributed by atoms with Gasteiger partial charge in [-0.15, -0.1) is 0 Å². The van der Waals surface area contributed by atoms with Crippen LogP contribution in [-0.2, 0) is 0 Å². The number of para-hydroxylation sites is 1. The average molecular weight is 265 g/mol. The third kappa shape index (κ3) is 2.11. The van der Waals surface area contributed by atoms with E-state index < -0.39 is 0 Å². The van der Waals surface area contributed by atoms with Gasteiger partial charge in [0.25, 0.3) is 0 Å². The lowest BCUT2D eigenvalue weighted by Gasteiger charge is -2.26. The predicted molar refractivity (Wildman–Crippen MR) is 82.5 cm³/mol. The third-order valence-corrected chi connectivity index (χ3v) is 4.27. The van der Waals surface area contributed by atoms with Crippen LogP contribution in [0.3, 0.4) is 0 Å². The fraction of sp³-hybridized carbons (Fsp3) is 0.278. The van der Waals surface area contributed by atoms with E-state index >= 15 is 0 Å². The highest BCUT2D eigenvalue weighted by atomic mass is 16.1. The van der Waals surface area contributed by atoms with Crippen LogP contribution in [0.4, 0.5) is 5.69 Å². The first-order valence-electron chi connectivity index (χ1n) is 7.11. The molecule has 0 radical (unpaired) electrons. The standard InChI is InChI=1S/C18H19NO/c1-12-6-5-8-14(13(12)2)18(20)16-10-11-19-17-9-4-3-7-15(16)17/h3-9,16,19H,10-11H2,1-2H3. The van der Waals surface area contributed by atoms with E-state index in [1.165, 1.54) is 5.56 Å². The summed E-state index contributed by atoms with van der Waals surface area (Å²) in [5.74, 6) is 0.230. The van der Waals surface area contributed by atoms with Gasteiger partial charge in [0.2, 0.25) is 0 Å². The molecule has 0 amide bonds. The Hall–Kier alpha value is -2.09. The van der Waals surface area contributed by atoms with E-state index in [-0.39, 0.29) is 11.7 Å². The molecule has 3 rings (SSSR count). The first-order valence-corrected chi connectivity index (χ1v) is 7.11. The summed E-state index contributed by atoms with van der Waals surface area (Å²) >= 11 is 0. The van der Waals surface area contributed by atoms with Crippen LogP contribution in [0, 0.1) is 13.8 Å². The second kappa shape index (κ2) is 5.12. The Balaban J connectivity index is 2.02. The second-order valence-electron chi connectivity index (χ2n) is 5.47. The van der Waals surface area contributed by atoms with Crippen molar-refractivity contribution >= 4 is 11.5 Å². The Morgan fingerprint density at radius 1 is 1.10 bits per heavy atom. The van der Waals surface area contributed by atoms with Crippen molar-refractivity contribution < 1.29 is 4.79 Å². The lowest BCUT2D eigenvalue weighted by molar-refractivity contribution is 0.0954. The zero-order valence-corrected chi connectivity index (χ0v) is 11.9. The van der Waals surface area contributed by atoms with E-state index in [1.807, 2.05) is 31.2 Å². The number of carbonyl (C=O) groups is 1. The quantitative estimate of drug-likeness (QED) is 0.829. The van der Waals surface area contributed by atoms with Gasteiger partial charge in [0, 0.05) is 17.8 Å². The first kappa shape index (κ1) is 12.9. The van der Waals surface area contributed by atoms with Crippen LogP contribution >= 0.6 is 0 Å². The molecular weight excluding hydrogens is 246 g/mol. The van der Waals surface area contributed by atoms with E-state index in [0.717, 1.165) is 35.3 Å².